The quantitative estimate of drug-likeness (QED) is 0.417. The molecular weight excluding hydrogens is 400 g/mol. The van der Waals surface area contributed by atoms with Crippen molar-refractivity contribution in [1.29, 1.82) is 0 Å². The minimum absolute atomic E-state index is 0. The molecule has 0 unspecified atom stereocenters. The number of nitrogens with one attached hydrogen (secondary N) is 2. The van der Waals surface area contributed by atoms with E-state index >= 15 is 0 Å². The van der Waals surface area contributed by atoms with E-state index in [1.54, 1.807) is 6.33 Å². The lowest BCUT2D eigenvalue weighted by molar-refractivity contribution is -0.132. The van der Waals surface area contributed by atoms with Crippen molar-refractivity contribution in [3.8, 4) is 0 Å². The van der Waals surface area contributed by atoms with Gasteiger partial charge in [0.25, 0.3) is 0 Å². The minimum Gasteiger partial charge on any atom is -0.356 e. The Bertz CT molecular complexity index is 432. The maximum atomic E-state index is 12.0. The van der Waals surface area contributed by atoms with Crippen LogP contribution in [0.5, 0.6) is 0 Å². The Morgan fingerprint density at radius 3 is 2.57 bits per heavy atom. The molecule has 0 saturated carbocycles. The molecule has 6 nitrogen and oxygen atoms in total. The summed E-state index contributed by atoms with van der Waals surface area (Å²) in [5, 5.41) is 13.3. The largest absolute Gasteiger partial charge is 0.390 e. The second-order valence-electron chi connectivity index (χ2n) is 4.09. The summed E-state index contributed by atoms with van der Waals surface area (Å²) in [6.07, 6.45) is -2.65. The van der Waals surface area contributed by atoms with Gasteiger partial charge in [-0.15, -0.1) is 34.2 Å². The van der Waals surface area contributed by atoms with Gasteiger partial charge in [0.15, 0.2) is 5.96 Å². The van der Waals surface area contributed by atoms with Crippen LogP contribution < -0.4 is 10.6 Å². The highest BCUT2D eigenvalue weighted by molar-refractivity contribution is 14.0. The van der Waals surface area contributed by atoms with Gasteiger partial charge in [0.05, 0.1) is 6.42 Å². The lowest BCUT2D eigenvalue weighted by Gasteiger charge is -2.13. The normalized spacial score (nSPS) is 12.0. The second kappa shape index (κ2) is 9.79. The van der Waals surface area contributed by atoms with Gasteiger partial charge in [-0.1, -0.05) is 6.92 Å². The van der Waals surface area contributed by atoms with Gasteiger partial charge < -0.3 is 15.2 Å². The van der Waals surface area contributed by atoms with E-state index in [0.29, 0.717) is 19.0 Å². The Morgan fingerprint density at radius 2 is 2.00 bits per heavy atom. The summed E-state index contributed by atoms with van der Waals surface area (Å²) >= 11 is 0. The van der Waals surface area contributed by atoms with Crippen molar-refractivity contribution >= 4 is 29.9 Å². The predicted octanol–water partition coefficient (Wildman–Crippen LogP) is 1.58. The summed E-state index contributed by atoms with van der Waals surface area (Å²) in [6.45, 7) is 2.93. The number of aliphatic imine (C=N–C) groups is 1. The number of rotatable bonds is 6. The molecule has 1 aromatic heterocycles. The molecule has 0 saturated heterocycles. The molecule has 122 valence electrons. The molecule has 0 aliphatic carbocycles. The molecule has 0 bridgehead atoms. The van der Waals surface area contributed by atoms with Crippen LogP contribution in [0.15, 0.2) is 11.3 Å². The van der Waals surface area contributed by atoms with E-state index in [-0.39, 0.29) is 30.5 Å². The summed E-state index contributed by atoms with van der Waals surface area (Å²) < 4.78 is 37.9. The van der Waals surface area contributed by atoms with Crippen LogP contribution in [0.2, 0.25) is 0 Å². The number of alkyl halides is 3. The van der Waals surface area contributed by atoms with Crippen molar-refractivity contribution in [3.05, 3.63) is 12.2 Å². The number of nitrogens with zero attached hydrogens (tertiary/aromatic N) is 4. The van der Waals surface area contributed by atoms with Crippen LogP contribution in [-0.4, -0.2) is 47.0 Å². The Hall–Kier alpha value is -1.07. The van der Waals surface area contributed by atoms with Gasteiger partial charge in [-0.3, -0.25) is 4.99 Å². The highest BCUT2D eigenvalue weighted by Gasteiger charge is 2.26. The first-order valence-corrected chi connectivity index (χ1v) is 6.34. The van der Waals surface area contributed by atoms with Gasteiger partial charge in [-0.05, 0) is 0 Å². The SMILES string of the molecule is CCc1nncn1CCNC(=NC)NCCC(F)(F)F.I. The molecule has 0 fully saturated rings. The maximum absolute atomic E-state index is 12.0. The molecule has 0 atom stereocenters. The van der Waals surface area contributed by atoms with Crippen LogP contribution in [0.1, 0.15) is 19.2 Å². The summed E-state index contributed by atoms with van der Waals surface area (Å²) in [5.41, 5.74) is 0. The number of halogens is 4. The topological polar surface area (TPSA) is 67.1 Å². The van der Waals surface area contributed by atoms with Crippen molar-refractivity contribution in [3.63, 3.8) is 0 Å². The third-order valence-electron chi connectivity index (χ3n) is 2.58. The predicted molar refractivity (Wildman–Crippen MR) is 84.9 cm³/mol. The van der Waals surface area contributed by atoms with Crippen LogP contribution in [-0.2, 0) is 13.0 Å². The average Bonchev–Trinajstić information content (AvgIpc) is 2.83. The minimum atomic E-state index is -4.16. The van der Waals surface area contributed by atoms with Gasteiger partial charge in [0.1, 0.15) is 12.2 Å². The molecule has 0 aromatic carbocycles. The Morgan fingerprint density at radius 1 is 1.33 bits per heavy atom. The molecule has 0 radical (unpaired) electrons. The van der Waals surface area contributed by atoms with Gasteiger partial charge >= 0.3 is 6.18 Å². The van der Waals surface area contributed by atoms with E-state index < -0.39 is 12.6 Å². The Kier molecular flexibility index (Phi) is 9.29. The zero-order valence-electron chi connectivity index (χ0n) is 11.9. The summed E-state index contributed by atoms with van der Waals surface area (Å²) in [7, 11) is 1.51. The third-order valence-corrected chi connectivity index (χ3v) is 2.58. The van der Waals surface area contributed by atoms with Gasteiger partial charge in [-0.2, -0.15) is 13.2 Å². The fourth-order valence-electron chi connectivity index (χ4n) is 1.58. The van der Waals surface area contributed by atoms with E-state index in [2.05, 4.69) is 25.8 Å². The zero-order chi connectivity index (χ0) is 15.0. The Balaban J connectivity index is 0.00000400. The third kappa shape index (κ3) is 8.07. The molecule has 1 rings (SSSR count). The molecule has 1 heterocycles. The van der Waals surface area contributed by atoms with Crippen LogP contribution in [0.3, 0.4) is 0 Å². The maximum Gasteiger partial charge on any atom is 0.390 e. The number of hydrogen-bond donors (Lipinski definition) is 2. The summed E-state index contributed by atoms with van der Waals surface area (Å²) in [5.74, 6) is 1.21. The van der Waals surface area contributed by atoms with Crippen molar-refractivity contribution < 1.29 is 13.2 Å². The molecule has 0 aliphatic heterocycles. The van der Waals surface area contributed by atoms with E-state index in [0.717, 1.165) is 12.2 Å². The highest BCUT2D eigenvalue weighted by Crippen LogP contribution is 2.17. The molecule has 1 aromatic rings. The van der Waals surface area contributed by atoms with E-state index in [4.69, 9.17) is 0 Å². The van der Waals surface area contributed by atoms with Gasteiger partial charge in [0, 0.05) is 33.1 Å². The van der Waals surface area contributed by atoms with E-state index in [9.17, 15) is 13.2 Å². The molecule has 0 amide bonds. The van der Waals surface area contributed by atoms with Crippen molar-refractivity contribution in [2.75, 3.05) is 20.1 Å². The molecule has 0 aliphatic rings. The lowest BCUT2D eigenvalue weighted by atomic mass is 10.4. The first kappa shape index (κ1) is 19.9. The monoisotopic (exact) mass is 420 g/mol. The fourth-order valence-corrected chi connectivity index (χ4v) is 1.58. The highest BCUT2D eigenvalue weighted by atomic mass is 127. The summed E-state index contributed by atoms with van der Waals surface area (Å²) in [4.78, 5) is 3.86. The fraction of sp³-hybridized carbons (Fsp3) is 0.727. The lowest BCUT2D eigenvalue weighted by Crippen LogP contribution is -2.40. The van der Waals surface area contributed by atoms with Crippen molar-refractivity contribution in [1.82, 2.24) is 25.4 Å². The molecule has 21 heavy (non-hydrogen) atoms. The standard InChI is InChI=1S/C11H19F3N6.HI/c1-3-9-19-18-8-20(9)7-6-17-10(15-2)16-5-4-11(12,13)14;/h8H,3-7H2,1-2H3,(H2,15,16,17);1H. The number of guanidine groups is 1. The van der Waals surface area contributed by atoms with Crippen LogP contribution >= 0.6 is 24.0 Å². The van der Waals surface area contributed by atoms with Gasteiger partial charge in [-0.25, -0.2) is 0 Å². The summed E-state index contributed by atoms with van der Waals surface area (Å²) in [6, 6.07) is 0. The number of aromatic nitrogens is 3. The van der Waals surface area contributed by atoms with Crippen molar-refractivity contribution in [2.24, 2.45) is 4.99 Å². The van der Waals surface area contributed by atoms with Crippen molar-refractivity contribution in [2.45, 2.75) is 32.5 Å². The van der Waals surface area contributed by atoms with E-state index in [1.807, 2.05) is 11.5 Å². The number of hydrogen-bond acceptors (Lipinski definition) is 3. The first-order chi connectivity index (χ1) is 9.46. The van der Waals surface area contributed by atoms with Crippen LogP contribution in [0.4, 0.5) is 13.2 Å². The average molecular weight is 420 g/mol. The first-order valence-electron chi connectivity index (χ1n) is 6.34. The van der Waals surface area contributed by atoms with E-state index in [1.165, 1.54) is 7.05 Å². The molecular formula is C11H20F3IN6. The molecule has 0 spiro atoms. The second-order valence-corrected chi connectivity index (χ2v) is 4.09. The zero-order valence-corrected chi connectivity index (χ0v) is 14.3. The van der Waals surface area contributed by atoms with Gasteiger partial charge in [0.2, 0.25) is 0 Å². The van der Waals surface area contributed by atoms with Crippen LogP contribution in [0, 0.1) is 0 Å². The van der Waals surface area contributed by atoms with Crippen LogP contribution in [0.25, 0.3) is 0 Å². The smallest absolute Gasteiger partial charge is 0.356 e. The Labute approximate surface area is 138 Å². The molecule has 2 N–H and O–H groups in total. The molecule has 10 heteroatoms. The number of aryl methyl sites for hydroxylation is 1.